The lowest BCUT2D eigenvalue weighted by Crippen LogP contribution is -2.39. The van der Waals surface area contributed by atoms with E-state index in [1.807, 2.05) is 12.1 Å². The van der Waals surface area contributed by atoms with Gasteiger partial charge in [-0.25, -0.2) is 4.79 Å². The number of carbonyl (C=O) groups excluding carboxylic acids is 2. The van der Waals surface area contributed by atoms with Crippen LogP contribution in [0.4, 0.5) is 0 Å². The van der Waals surface area contributed by atoms with Gasteiger partial charge in [0.15, 0.2) is 0 Å². The number of carbonyl (C=O) groups is 2. The molecule has 0 saturated carbocycles. The molecule has 1 atom stereocenters. The Morgan fingerprint density at radius 3 is 2.42 bits per heavy atom. The number of esters is 1. The highest BCUT2D eigenvalue weighted by atomic mass is 16.5. The minimum atomic E-state index is -0.641. The van der Waals surface area contributed by atoms with E-state index in [0.717, 1.165) is 19.3 Å². The van der Waals surface area contributed by atoms with Crippen molar-refractivity contribution in [1.82, 2.24) is 5.32 Å². The minimum Gasteiger partial charge on any atom is -0.467 e. The first-order valence-electron chi connectivity index (χ1n) is 6.56. The van der Waals surface area contributed by atoms with Crippen molar-refractivity contribution in [3.63, 3.8) is 0 Å². The zero-order valence-electron chi connectivity index (χ0n) is 11.7. The number of unbranched alkanes of at least 4 members (excludes halogenated alkanes) is 1. The third kappa shape index (κ3) is 4.73. The summed E-state index contributed by atoms with van der Waals surface area (Å²) in [5.74, 6) is -0.715. The van der Waals surface area contributed by atoms with Gasteiger partial charge < -0.3 is 10.1 Å². The summed E-state index contributed by atoms with van der Waals surface area (Å²) in [5.41, 5.74) is 1.77. The predicted molar refractivity (Wildman–Crippen MR) is 74.0 cm³/mol. The van der Waals surface area contributed by atoms with Crippen molar-refractivity contribution in [2.45, 2.75) is 39.2 Å². The van der Waals surface area contributed by atoms with Gasteiger partial charge in [0.2, 0.25) is 0 Å². The van der Waals surface area contributed by atoms with E-state index in [0.29, 0.717) is 5.56 Å². The summed E-state index contributed by atoms with van der Waals surface area (Å²) >= 11 is 0. The number of amides is 1. The summed E-state index contributed by atoms with van der Waals surface area (Å²) in [7, 11) is 1.30. The number of benzene rings is 1. The Kier molecular flexibility index (Phi) is 6.06. The van der Waals surface area contributed by atoms with Crippen LogP contribution in [0.5, 0.6) is 0 Å². The van der Waals surface area contributed by atoms with Gasteiger partial charge >= 0.3 is 5.97 Å². The van der Waals surface area contributed by atoms with Gasteiger partial charge in [0, 0.05) is 5.56 Å². The van der Waals surface area contributed by atoms with Gasteiger partial charge in [-0.3, -0.25) is 4.79 Å². The first-order chi connectivity index (χ1) is 9.08. The summed E-state index contributed by atoms with van der Waals surface area (Å²) in [5, 5.41) is 2.60. The van der Waals surface area contributed by atoms with Crippen molar-refractivity contribution in [3.05, 3.63) is 35.4 Å². The van der Waals surface area contributed by atoms with Crippen molar-refractivity contribution in [1.29, 1.82) is 0 Å². The van der Waals surface area contributed by atoms with Crippen LogP contribution in [0.1, 0.15) is 42.6 Å². The Bertz CT molecular complexity index is 426. The Labute approximate surface area is 114 Å². The summed E-state index contributed by atoms with van der Waals surface area (Å²) in [6.45, 7) is 3.75. The molecule has 0 aliphatic heterocycles. The van der Waals surface area contributed by atoms with Gasteiger partial charge in [-0.05, 0) is 37.5 Å². The lowest BCUT2D eigenvalue weighted by Gasteiger charge is -2.11. The van der Waals surface area contributed by atoms with Crippen molar-refractivity contribution < 1.29 is 14.3 Å². The fraction of sp³-hybridized carbons (Fsp3) is 0.467. The second-order valence-electron chi connectivity index (χ2n) is 4.52. The van der Waals surface area contributed by atoms with Crippen molar-refractivity contribution in [2.24, 2.45) is 0 Å². The van der Waals surface area contributed by atoms with E-state index in [2.05, 4.69) is 17.0 Å². The molecule has 0 saturated heterocycles. The molecule has 0 fully saturated rings. The minimum absolute atomic E-state index is 0.264. The normalized spacial score (nSPS) is 11.7. The van der Waals surface area contributed by atoms with Crippen LogP contribution in [0.2, 0.25) is 0 Å². The highest BCUT2D eigenvalue weighted by molar-refractivity contribution is 5.96. The van der Waals surface area contributed by atoms with Gasteiger partial charge in [-0.15, -0.1) is 0 Å². The third-order valence-corrected chi connectivity index (χ3v) is 2.94. The number of hydrogen-bond donors (Lipinski definition) is 1. The maximum absolute atomic E-state index is 11.9. The molecule has 1 amide bonds. The molecule has 0 radical (unpaired) electrons. The van der Waals surface area contributed by atoms with Crippen LogP contribution in [0, 0.1) is 0 Å². The predicted octanol–water partition coefficient (Wildman–Crippen LogP) is 2.32. The van der Waals surface area contributed by atoms with E-state index < -0.39 is 12.0 Å². The fourth-order valence-electron chi connectivity index (χ4n) is 1.72. The number of nitrogens with one attached hydrogen (secondary N) is 1. The molecule has 1 unspecified atom stereocenters. The van der Waals surface area contributed by atoms with E-state index in [1.54, 1.807) is 19.1 Å². The Morgan fingerprint density at radius 2 is 1.89 bits per heavy atom. The Hall–Kier alpha value is -1.84. The molecule has 104 valence electrons. The van der Waals surface area contributed by atoms with E-state index in [-0.39, 0.29) is 5.91 Å². The Morgan fingerprint density at radius 1 is 1.26 bits per heavy atom. The molecule has 4 nitrogen and oxygen atoms in total. The molecule has 4 heteroatoms. The summed E-state index contributed by atoms with van der Waals surface area (Å²) in [6.07, 6.45) is 3.32. The summed E-state index contributed by atoms with van der Waals surface area (Å²) in [6, 6.07) is 6.83. The topological polar surface area (TPSA) is 55.4 Å². The smallest absolute Gasteiger partial charge is 0.328 e. The van der Waals surface area contributed by atoms with Crippen LogP contribution in [0.15, 0.2) is 24.3 Å². The second-order valence-corrected chi connectivity index (χ2v) is 4.52. The average molecular weight is 263 g/mol. The Balaban J connectivity index is 2.60. The zero-order valence-corrected chi connectivity index (χ0v) is 11.7. The van der Waals surface area contributed by atoms with Gasteiger partial charge in [-0.2, -0.15) is 0 Å². The van der Waals surface area contributed by atoms with Gasteiger partial charge in [0.05, 0.1) is 7.11 Å². The lowest BCUT2D eigenvalue weighted by molar-refractivity contribution is -0.142. The maximum atomic E-state index is 11.9. The maximum Gasteiger partial charge on any atom is 0.328 e. The number of rotatable bonds is 6. The van der Waals surface area contributed by atoms with Gasteiger partial charge in [0.1, 0.15) is 6.04 Å². The molecule has 0 spiro atoms. The molecule has 1 N–H and O–H groups in total. The fourth-order valence-corrected chi connectivity index (χ4v) is 1.72. The highest BCUT2D eigenvalue weighted by Gasteiger charge is 2.16. The van der Waals surface area contributed by atoms with Crippen LogP contribution < -0.4 is 5.32 Å². The van der Waals surface area contributed by atoms with E-state index in [9.17, 15) is 9.59 Å². The number of ether oxygens (including phenoxy) is 1. The van der Waals surface area contributed by atoms with Crippen LogP contribution >= 0.6 is 0 Å². The standard InChI is InChI=1S/C15H21NO3/c1-4-5-6-12-7-9-13(10-8-12)14(17)16-11(2)15(18)19-3/h7-11H,4-6H2,1-3H3,(H,16,17). The molecule has 0 aromatic heterocycles. The van der Waals surface area contributed by atoms with E-state index >= 15 is 0 Å². The summed E-state index contributed by atoms with van der Waals surface area (Å²) < 4.78 is 4.56. The van der Waals surface area contributed by atoms with Crippen molar-refractivity contribution >= 4 is 11.9 Å². The highest BCUT2D eigenvalue weighted by Crippen LogP contribution is 2.08. The molecule has 0 aliphatic carbocycles. The number of aryl methyl sites for hydroxylation is 1. The van der Waals surface area contributed by atoms with Crippen LogP contribution in [-0.2, 0) is 16.0 Å². The van der Waals surface area contributed by atoms with Crippen molar-refractivity contribution in [3.8, 4) is 0 Å². The second kappa shape index (κ2) is 7.56. The van der Waals surface area contributed by atoms with Crippen LogP contribution in [0.25, 0.3) is 0 Å². The molecule has 1 aromatic rings. The molecule has 19 heavy (non-hydrogen) atoms. The molecular formula is C15H21NO3. The molecule has 1 rings (SSSR count). The number of methoxy groups -OCH3 is 1. The summed E-state index contributed by atoms with van der Waals surface area (Å²) in [4.78, 5) is 23.1. The van der Waals surface area contributed by atoms with Crippen LogP contribution in [0.3, 0.4) is 0 Å². The monoisotopic (exact) mass is 263 g/mol. The third-order valence-electron chi connectivity index (χ3n) is 2.94. The van der Waals surface area contributed by atoms with Gasteiger partial charge in [-0.1, -0.05) is 25.5 Å². The van der Waals surface area contributed by atoms with E-state index in [1.165, 1.54) is 12.7 Å². The molecule has 0 heterocycles. The first kappa shape index (κ1) is 15.2. The number of hydrogen-bond acceptors (Lipinski definition) is 3. The van der Waals surface area contributed by atoms with Gasteiger partial charge in [0.25, 0.3) is 5.91 Å². The molecule has 0 bridgehead atoms. The van der Waals surface area contributed by atoms with Crippen LogP contribution in [-0.4, -0.2) is 25.0 Å². The van der Waals surface area contributed by atoms with Crippen molar-refractivity contribution in [2.75, 3.05) is 7.11 Å². The SMILES string of the molecule is CCCCc1ccc(C(=O)NC(C)C(=O)OC)cc1. The molecule has 0 aliphatic rings. The average Bonchev–Trinajstić information content (AvgIpc) is 2.44. The molecule has 1 aromatic carbocycles. The largest absolute Gasteiger partial charge is 0.467 e. The lowest BCUT2D eigenvalue weighted by atomic mass is 10.1. The molecular weight excluding hydrogens is 242 g/mol. The quantitative estimate of drug-likeness (QED) is 0.801. The zero-order chi connectivity index (χ0) is 14.3. The van der Waals surface area contributed by atoms with E-state index in [4.69, 9.17) is 0 Å². The first-order valence-corrected chi connectivity index (χ1v) is 6.56.